The van der Waals surface area contributed by atoms with Crippen molar-refractivity contribution in [2.24, 2.45) is 17.1 Å². The first-order valence-electron chi connectivity index (χ1n) is 41.3. The van der Waals surface area contributed by atoms with E-state index in [4.69, 9.17) is 70.0 Å². The number of ether oxygens (including phenoxy) is 3. The Bertz CT molecular complexity index is 4980. The lowest BCUT2D eigenvalue weighted by Gasteiger charge is -2.22. The van der Waals surface area contributed by atoms with E-state index in [2.05, 4.69) is 134 Å². The van der Waals surface area contributed by atoms with E-state index in [1.807, 2.05) is 66.5 Å². The van der Waals surface area contributed by atoms with E-state index in [-0.39, 0.29) is 76.3 Å². The number of halogens is 4. The SMILES string of the molecule is C.CC(=O)O.CC(C)(C)CN.CC(C)(C)n1[nH]c(C2CC2)cc1=O.CC(C)(C)n1nc(C2CC2)cc1Oc1ccnc(Cl)c1.CC(C)(O)c1cc(Br)ccn1.CC(C)(O)c1cc(N)ccn1.CC(C)(O)c1cc(N)ccn1.CC(C)(O)c1cc(Nc2cc(Oc3cc(C4CC4)nn3C(C)(C)C)ccn2)ccn1.CCOC(=O)CC(=O)C1CC1.Fc1ccnc(Cl)c1.N.O. The summed E-state index contributed by atoms with van der Waals surface area (Å²) < 4.78 is 35.4. The first-order valence-corrected chi connectivity index (χ1v) is 42.9. The second-order valence-corrected chi connectivity index (χ2v) is 38.3. The molecule has 0 radical (unpaired) electrons. The number of nitrogen functional groups attached to an aromatic ring is 2. The van der Waals surface area contributed by atoms with Crippen molar-refractivity contribution in [1.82, 2.24) is 70.4 Å². The molecule has 0 aromatic carbocycles. The Morgan fingerprint density at radius 1 is 0.539 bits per heavy atom. The number of carboxylic acids is 1. The minimum Gasteiger partial charge on any atom is -0.481 e. The van der Waals surface area contributed by atoms with Crippen molar-refractivity contribution in [2.45, 2.75) is 274 Å². The predicted molar refractivity (Wildman–Crippen MR) is 507 cm³/mol. The van der Waals surface area contributed by atoms with Crippen molar-refractivity contribution < 1.29 is 64.0 Å². The molecule has 0 amide bonds. The average Bonchev–Trinajstić information content (AvgIpc) is 1.65. The normalized spacial score (nSPS) is 13.3. The quantitative estimate of drug-likeness (QED) is 0.0229. The zero-order valence-electron chi connectivity index (χ0n) is 77.4. The number of esters is 1. The van der Waals surface area contributed by atoms with Crippen molar-refractivity contribution in [2.75, 3.05) is 29.9 Å². The number of hydrogen-bond acceptors (Lipinski definition) is 25. The van der Waals surface area contributed by atoms with Gasteiger partial charge in [-0.25, -0.2) is 33.4 Å². The number of nitrogens with two attached hydrogens (primary N) is 3. The zero-order valence-corrected chi connectivity index (χ0v) is 80.5. The fraction of sp³-hybridized carbons (Fsp3) is 0.495. The summed E-state index contributed by atoms with van der Waals surface area (Å²) in [6, 6.07) is 29.4. The average molecular weight is 1890 g/mol. The van der Waals surface area contributed by atoms with E-state index in [9.17, 15) is 39.2 Å². The topological polar surface area (TPSA) is 500 Å². The fourth-order valence-electron chi connectivity index (χ4n) is 10.4. The highest BCUT2D eigenvalue weighted by molar-refractivity contribution is 9.10. The van der Waals surface area contributed by atoms with Gasteiger partial charge in [0.05, 0.1) is 57.4 Å². The number of Topliss-reactive ketones (excluding diaryl/α,β-unsaturated/α-hetero) is 1. The first-order chi connectivity index (χ1) is 57.8. The molecule has 10 aromatic heterocycles. The number of anilines is 4. The van der Waals surface area contributed by atoms with Gasteiger partial charge in [0.15, 0.2) is 0 Å². The molecule has 0 aliphatic heterocycles. The van der Waals surface area contributed by atoms with Crippen LogP contribution in [0, 0.1) is 17.2 Å². The van der Waals surface area contributed by atoms with Crippen LogP contribution in [0.5, 0.6) is 23.3 Å². The minimum absolute atomic E-state index is 0. The van der Waals surface area contributed by atoms with Gasteiger partial charge in [0.1, 0.15) is 68.0 Å². The Kier molecular flexibility index (Phi) is 44.6. The van der Waals surface area contributed by atoms with Crippen LogP contribution in [0.25, 0.3) is 0 Å². The largest absolute Gasteiger partial charge is 0.481 e. The number of carbonyl (C=O) groups is 3. The van der Waals surface area contributed by atoms with Crippen LogP contribution in [0.1, 0.15) is 275 Å². The Morgan fingerprint density at radius 2 is 0.922 bits per heavy atom. The molecule has 35 heteroatoms. The molecule has 10 aromatic rings. The van der Waals surface area contributed by atoms with Gasteiger partial charge in [-0.3, -0.25) is 44.2 Å². The molecule has 4 aliphatic rings. The Hall–Kier alpha value is -10.2. The van der Waals surface area contributed by atoms with Gasteiger partial charge in [-0.15, -0.1) is 0 Å². The third-order valence-corrected chi connectivity index (χ3v) is 18.6. The molecule has 706 valence electrons. The highest BCUT2D eigenvalue weighted by atomic mass is 79.9. The van der Waals surface area contributed by atoms with Crippen LogP contribution >= 0.6 is 39.1 Å². The van der Waals surface area contributed by atoms with Gasteiger partial charge in [-0.05, 0) is 255 Å². The third kappa shape index (κ3) is 43.3. The maximum Gasteiger partial charge on any atom is 0.313 e. The second-order valence-electron chi connectivity index (χ2n) is 36.7. The maximum absolute atomic E-state index is 12.0. The molecule has 128 heavy (non-hydrogen) atoms. The molecule has 10 heterocycles. The molecule has 0 bridgehead atoms. The number of carboxylic acid groups (broad SMARTS) is 1. The van der Waals surface area contributed by atoms with Crippen molar-refractivity contribution in [3.63, 3.8) is 0 Å². The van der Waals surface area contributed by atoms with Gasteiger partial charge < -0.3 is 73.9 Å². The molecule has 0 atom stereocenters. The molecule has 14 rings (SSSR count). The minimum atomic E-state index is -1.01. The van der Waals surface area contributed by atoms with Crippen LogP contribution < -0.4 is 43.7 Å². The van der Waals surface area contributed by atoms with Gasteiger partial charge in [0.2, 0.25) is 11.8 Å². The summed E-state index contributed by atoms with van der Waals surface area (Å²) >= 11 is 14.5. The number of aromatic nitrogens is 13. The molecule has 4 aliphatic carbocycles. The second kappa shape index (κ2) is 50.1. The summed E-state index contributed by atoms with van der Waals surface area (Å²) in [5.41, 5.74) is 20.4. The molecule has 4 saturated carbocycles. The number of aliphatic hydroxyl groups is 4. The molecular formula is C93H138BrCl2FN18O13. The van der Waals surface area contributed by atoms with Crippen LogP contribution in [-0.2, 0) is 58.1 Å². The number of nitrogens with one attached hydrogen (secondary N) is 2. The number of rotatable bonds is 17. The molecule has 31 nitrogen and oxygen atoms in total. The maximum atomic E-state index is 12.0. The molecular weight excluding hydrogens is 1750 g/mol. The highest BCUT2D eigenvalue weighted by Gasteiger charge is 2.34. The van der Waals surface area contributed by atoms with Crippen LogP contribution in [-0.4, -0.2) is 126 Å². The summed E-state index contributed by atoms with van der Waals surface area (Å²) in [6.07, 6.45) is 20.3. The number of ketones is 1. The Balaban J connectivity index is 0.000000503. The third-order valence-electron chi connectivity index (χ3n) is 17.7. The summed E-state index contributed by atoms with van der Waals surface area (Å²) in [7, 11) is 0. The lowest BCUT2D eigenvalue weighted by molar-refractivity contribution is -0.146. The van der Waals surface area contributed by atoms with Gasteiger partial charge >= 0.3 is 5.97 Å². The number of hydrogen-bond donors (Lipinski definition) is 11. The predicted octanol–water partition coefficient (Wildman–Crippen LogP) is 18.9. The number of pyridine rings is 7. The molecule has 0 saturated heterocycles. The van der Waals surface area contributed by atoms with Gasteiger partial charge in [-0.2, -0.15) is 10.2 Å². The highest BCUT2D eigenvalue weighted by Crippen LogP contribution is 2.44. The van der Waals surface area contributed by atoms with Crippen molar-refractivity contribution in [1.29, 1.82) is 0 Å². The zero-order chi connectivity index (χ0) is 94.0. The van der Waals surface area contributed by atoms with E-state index in [1.54, 1.807) is 153 Å². The van der Waals surface area contributed by atoms with E-state index in [1.165, 1.54) is 50.8 Å². The number of aliphatic carboxylic acids is 1. The number of H-pyrrole nitrogens is 1. The summed E-state index contributed by atoms with van der Waals surface area (Å²) in [5, 5.41) is 62.7. The standard InChI is InChI=1S/C23H29N5O2.C15H18ClN3O.C10H16N2O.C8H10BrNO.2C8H12N2O.C8H12O3.C5H3ClFN.C5H13N.C2H4O2.CH4.H3N.H2O/c1-22(2,3)28-21(14-18(27-28)15-6-7-15)30-17-9-11-25-20(13-17)26-16-8-10-24-19(12-16)23(4,5)29;1-15(2,3)19-14(9-12(18-19)10-4-5-10)20-11-6-7-17-13(16)8-11;1-10(2,3)12-9(13)6-8(11-12)7-4-5-7;3*1-8(2,11)7-5-6(9)3-4-10-7;1-2-11-8(10)5-7(9)6-3-4-6;6-5-3-4(7)1-2-8-5;1-5(2,3)4-6;1-2(3)4;;;/h8-15,29H,6-7H2,1-5H3,(H,24,25,26);6-10H,4-5H2,1-3H3;6-7,11H,4-5H2,1-3H3;3-5,11H,1-2H3;2*3-5,11H,1-2H3,(H2,9,10);6H,2-5H2,1H3;1-3H;4,6H2,1-3H3;1H3,(H,3,4);1H4;1H3;1H2. The number of aromatic amines is 1. The van der Waals surface area contributed by atoms with Gasteiger partial charge in [0, 0.05) is 138 Å². The van der Waals surface area contributed by atoms with Crippen molar-refractivity contribution in [3.05, 3.63) is 217 Å². The van der Waals surface area contributed by atoms with Crippen molar-refractivity contribution in [3.8, 4) is 23.3 Å². The fourth-order valence-corrected chi connectivity index (χ4v) is 11.0. The van der Waals surface area contributed by atoms with Crippen LogP contribution in [0.4, 0.5) is 27.3 Å². The molecule has 18 N–H and O–H groups in total. The van der Waals surface area contributed by atoms with Crippen molar-refractivity contribution >= 4 is 79.7 Å². The van der Waals surface area contributed by atoms with E-state index < -0.39 is 28.4 Å². The molecule has 0 unspecified atom stereocenters. The van der Waals surface area contributed by atoms with Crippen LogP contribution in [0.3, 0.4) is 0 Å². The summed E-state index contributed by atoms with van der Waals surface area (Å²) in [4.78, 5) is 70.4. The lowest BCUT2D eigenvalue weighted by Crippen LogP contribution is -2.32. The monoisotopic (exact) mass is 1880 g/mol. The smallest absolute Gasteiger partial charge is 0.313 e. The molecule has 0 spiro atoms. The Labute approximate surface area is 771 Å². The van der Waals surface area contributed by atoms with Crippen LogP contribution in [0.2, 0.25) is 10.3 Å². The summed E-state index contributed by atoms with van der Waals surface area (Å²) in [6.45, 7) is 42.6. The first kappa shape index (κ1) is 114. The van der Waals surface area contributed by atoms with E-state index in [0.29, 0.717) is 86.4 Å². The Morgan fingerprint density at radius 3 is 1.25 bits per heavy atom. The van der Waals surface area contributed by atoms with E-state index >= 15 is 0 Å². The van der Waals surface area contributed by atoms with Gasteiger partial charge in [0.25, 0.3) is 11.5 Å². The number of carbonyl (C=O) groups excluding carboxylic acids is 2. The van der Waals surface area contributed by atoms with Crippen LogP contribution in [0.15, 0.2) is 156 Å². The molecule has 4 fully saturated rings. The summed E-state index contributed by atoms with van der Waals surface area (Å²) in [5.74, 6) is 3.90. The van der Waals surface area contributed by atoms with E-state index in [0.717, 1.165) is 71.4 Å². The van der Waals surface area contributed by atoms with Gasteiger partial charge in [-0.1, -0.05) is 67.3 Å². The number of nitrogens with zero attached hydrogens (tertiary/aromatic N) is 12. The lowest BCUT2D eigenvalue weighted by atomic mass is 9.98.